The minimum atomic E-state index is -1.19. The normalized spacial score (nSPS) is 19.3. The lowest BCUT2D eigenvalue weighted by atomic mass is 10.3. The maximum Gasteiger partial charge on any atom is 0.307 e. The van der Waals surface area contributed by atoms with E-state index in [2.05, 4.69) is 29.1 Å². The molecule has 4 nitrogen and oxygen atoms in total. The van der Waals surface area contributed by atoms with Gasteiger partial charge in [0.2, 0.25) is 0 Å². The second-order valence-electron chi connectivity index (χ2n) is 5.60. The monoisotopic (exact) mass is 258 g/mol. The van der Waals surface area contributed by atoms with Crippen LogP contribution in [-0.2, 0) is 9.53 Å². The lowest BCUT2D eigenvalue weighted by molar-refractivity contribution is -0.143. The standard InChI is InChI=1S/C12H26N2O2Si/c1-5-16-12(15)7-10-13-8-6-9-14(11-13)17(2,3)4/h5-11H2,1-4H3. The summed E-state index contributed by atoms with van der Waals surface area (Å²) >= 11 is 0. The number of hydrogen-bond acceptors (Lipinski definition) is 4. The van der Waals surface area contributed by atoms with Gasteiger partial charge in [0, 0.05) is 19.8 Å². The fourth-order valence-corrected chi connectivity index (χ4v) is 3.53. The van der Waals surface area contributed by atoms with Crippen LogP contribution in [0.3, 0.4) is 0 Å². The lowest BCUT2D eigenvalue weighted by Gasteiger charge is -2.42. The first-order valence-corrected chi connectivity index (χ1v) is 10.0. The molecule has 0 amide bonds. The number of carbonyl (C=O) groups excluding carboxylic acids is 1. The smallest absolute Gasteiger partial charge is 0.307 e. The van der Waals surface area contributed by atoms with Crippen molar-refractivity contribution in [2.24, 2.45) is 0 Å². The zero-order valence-electron chi connectivity index (χ0n) is 11.7. The zero-order chi connectivity index (χ0) is 12.9. The maximum absolute atomic E-state index is 11.3. The average molecular weight is 258 g/mol. The Hall–Kier alpha value is -0.393. The molecule has 0 atom stereocenters. The van der Waals surface area contributed by atoms with E-state index in [1.165, 1.54) is 13.0 Å². The van der Waals surface area contributed by atoms with E-state index in [0.717, 1.165) is 19.8 Å². The van der Waals surface area contributed by atoms with Crippen molar-refractivity contribution < 1.29 is 9.53 Å². The predicted molar refractivity (Wildman–Crippen MR) is 72.4 cm³/mol. The van der Waals surface area contributed by atoms with E-state index in [-0.39, 0.29) is 5.97 Å². The molecule has 1 saturated heterocycles. The third kappa shape index (κ3) is 5.19. The van der Waals surface area contributed by atoms with Crippen LogP contribution in [-0.4, -0.2) is 56.6 Å². The third-order valence-corrected chi connectivity index (χ3v) is 5.42. The van der Waals surface area contributed by atoms with Gasteiger partial charge >= 0.3 is 5.97 Å². The molecular formula is C12H26N2O2Si. The van der Waals surface area contributed by atoms with E-state index in [4.69, 9.17) is 4.74 Å². The van der Waals surface area contributed by atoms with Crippen LogP contribution >= 0.6 is 0 Å². The van der Waals surface area contributed by atoms with Gasteiger partial charge < -0.3 is 9.30 Å². The van der Waals surface area contributed by atoms with Gasteiger partial charge in [0.05, 0.1) is 13.0 Å². The SMILES string of the molecule is CCOC(=O)CCN1CCCN([Si](C)(C)C)C1. The van der Waals surface area contributed by atoms with Crippen LogP contribution in [0.2, 0.25) is 19.6 Å². The molecule has 1 rings (SSSR count). The summed E-state index contributed by atoms with van der Waals surface area (Å²) in [7, 11) is -1.19. The molecule has 0 bridgehead atoms. The number of rotatable bonds is 5. The summed E-state index contributed by atoms with van der Waals surface area (Å²) in [6, 6.07) is 0. The molecule has 0 unspecified atom stereocenters. The van der Waals surface area contributed by atoms with Crippen molar-refractivity contribution in [2.45, 2.75) is 39.4 Å². The average Bonchev–Trinajstić information content (AvgIpc) is 2.26. The lowest BCUT2D eigenvalue weighted by Crippen LogP contribution is -2.55. The minimum absolute atomic E-state index is 0.0716. The molecule has 0 saturated carbocycles. The first-order valence-electron chi connectivity index (χ1n) is 6.56. The zero-order valence-corrected chi connectivity index (χ0v) is 12.7. The van der Waals surface area contributed by atoms with Crippen LogP contribution in [0, 0.1) is 0 Å². The largest absolute Gasteiger partial charge is 0.466 e. The Labute approximate surface area is 106 Å². The summed E-state index contributed by atoms with van der Waals surface area (Å²) in [5.41, 5.74) is 0. The minimum Gasteiger partial charge on any atom is -0.466 e. The van der Waals surface area contributed by atoms with E-state index in [1.807, 2.05) is 6.92 Å². The van der Waals surface area contributed by atoms with Gasteiger partial charge in [-0.1, -0.05) is 19.6 Å². The summed E-state index contributed by atoms with van der Waals surface area (Å²) in [6.07, 6.45) is 1.74. The third-order valence-electron chi connectivity index (χ3n) is 3.16. The van der Waals surface area contributed by atoms with E-state index < -0.39 is 8.24 Å². The van der Waals surface area contributed by atoms with E-state index >= 15 is 0 Å². The molecule has 0 spiro atoms. The first kappa shape index (κ1) is 14.7. The van der Waals surface area contributed by atoms with Crippen molar-refractivity contribution in [1.82, 2.24) is 9.47 Å². The van der Waals surface area contributed by atoms with Gasteiger partial charge in [-0.25, -0.2) is 0 Å². The fourth-order valence-electron chi connectivity index (χ4n) is 2.08. The second kappa shape index (κ2) is 6.52. The summed E-state index contributed by atoms with van der Waals surface area (Å²) in [4.78, 5) is 13.7. The van der Waals surface area contributed by atoms with Gasteiger partial charge in [-0.2, -0.15) is 0 Å². The van der Waals surface area contributed by atoms with E-state index in [1.54, 1.807) is 0 Å². The molecule has 1 aliphatic heterocycles. The van der Waals surface area contributed by atoms with Crippen LogP contribution in [0.1, 0.15) is 19.8 Å². The molecule has 1 fully saturated rings. The van der Waals surface area contributed by atoms with Crippen molar-refractivity contribution in [1.29, 1.82) is 0 Å². The van der Waals surface area contributed by atoms with E-state index in [9.17, 15) is 4.79 Å². The highest BCUT2D eigenvalue weighted by atomic mass is 28.3. The van der Waals surface area contributed by atoms with Gasteiger partial charge in [0.15, 0.2) is 0 Å². The van der Waals surface area contributed by atoms with E-state index in [0.29, 0.717) is 13.0 Å². The van der Waals surface area contributed by atoms with Gasteiger partial charge in [0.1, 0.15) is 8.24 Å². The Kier molecular flexibility index (Phi) is 5.62. The van der Waals surface area contributed by atoms with Crippen LogP contribution in [0.4, 0.5) is 0 Å². The molecule has 0 N–H and O–H groups in total. The molecule has 0 aromatic carbocycles. The van der Waals surface area contributed by atoms with Crippen molar-refractivity contribution in [2.75, 3.05) is 32.9 Å². The van der Waals surface area contributed by atoms with Crippen molar-refractivity contribution >= 4 is 14.2 Å². The Morgan fingerprint density at radius 3 is 2.59 bits per heavy atom. The van der Waals surface area contributed by atoms with Crippen LogP contribution < -0.4 is 0 Å². The summed E-state index contributed by atoms with van der Waals surface area (Å²) in [5, 5.41) is 0. The van der Waals surface area contributed by atoms with Gasteiger partial charge in [-0.15, -0.1) is 0 Å². The molecule has 17 heavy (non-hydrogen) atoms. The summed E-state index contributed by atoms with van der Waals surface area (Å²) in [5.74, 6) is -0.0716. The Bertz CT molecular complexity index is 253. The molecule has 5 heteroatoms. The fraction of sp³-hybridized carbons (Fsp3) is 0.917. The highest BCUT2D eigenvalue weighted by Gasteiger charge is 2.28. The summed E-state index contributed by atoms with van der Waals surface area (Å²) < 4.78 is 7.56. The molecule has 0 aromatic heterocycles. The van der Waals surface area contributed by atoms with Gasteiger partial charge in [-0.3, -0.25) is 9.69 Å². The highest BCUT2D eigenvalue weighted by molar-refractivity contribution is 6.73. The topological polar surface area (TPSA) is 32.8 Å². The second-order valence-corrected chi connectivity index (χ2v) is 10.6. The Balaban J connectivity index is 2.32. The number of hydrogen-bond donors (Lipinski definition) is 0. The summed E-state index contributed by atoms with van der Waals surface area (Å²) in [6.45, 7) is 13.7. The molecule has 1 heterocycles. The number of ether oxygens (including phenoxy) is 1. The van der Waals surface area contributed by atoms with Crippen molar-refractivity contribution in [3.63, 3.8) is 0 Å². The Morgan fingerprint density at radius 1 is 1.29 bits per heavy atom. The first-order chi connectivity index (χ1) is 7.93. The molecular weight excluding hydrogens is 232 g/mol. The predicted octanol–water partition coefficient (Wildman–Crippen LogP) is 1.74. The number of nitrogens with zero attached hydrogens (tertiary/aromatic N) is 2. The van der Waals surface area contributed by atoms with Crippen LogP contribution in [0.15, 0.2) is 0 Å². The number of carbonyl (C=O) groups is 1. The van der Waals surface area contributed by atoms with Crippen molar-refractivity contribution in [3.8, 4) is 0 Å². The molecule has 0 radical (unpaired) electrons. The van der Waals surface area contributed by atoms with Crippen LogP contribution in [0.25, 0.3) is 0 Å². The highest BCUT2D eigenvalue weighted by Crippen LogP contribution is 2.15. The molecule has 0 aromatic rings. The number of esters is 1. The van der Waals surface area contributed by atoms with Crippen LogP contribution in [0.5, 0.6) is 0 Å². The molecule has 0 aliphatic carbocycles. The van der Waals surface area contributed by atoms with Gasteiger partial charge in [0.25, 0.3) is 0 Å². The Morgan fingerprint density at radius 2 is 2.00 bits per heavy atom. The molecule has 100 valence electrons. The maximum atomic E-state index is 11.3. The quantitative estimate of drug-likeness (QED) is 0.555. The molecule has 1 aliphatic rings. The van der Waals surface area contributed by atoms with Crippen molar-refractivity contribution in [3.05, 3.63) is 0 Å². The van der Waals surface area contributed by atoms with Gasteiger partial charge in [-0.05, 0) is 19.9 Å².